The van der Waals surface area contributed by atoms with Crippen LogP contribution in [0.2, 0.25) is 0 Å². The molecule has 0 saturated carbocycles. The van der Waals surface area contributed by atoms with Crippen LogP contribution in [0, 0.1) is 0 Å². The Kier molecular flexibility index (Phi) is 4.44. The van der Waals surface area contributed by atoms with Crippen LogP contribution in [0.1, 0.15) is 12.5 Å². The minimum atomic E-state index is -0.505. The SMILES string of the molecule is C[C@@H](OCc1ccccc1)C(=O)Nc1nccs1. The molecule has 1 amide bonds. The maximum absolute atomic E-state index is 11.8. The van der Waals surface area contributed by atoms with Gasteiger partial charge in [-0.3, -0.25) is 10.1 Å². The summed E-state index contributed by atoms with van der Waals surface area (Å²) >= 11 is 1.38. The fourth-order valence-electron chi connectivity index (χ4n) is 1.36. The summed E-state index contributed by atoms with van der Waals surface area (Å²) in [5, 5.41) is 5.10. The zero-order chi connectivity index (χ0) is 12.8. The Balaban J connectivity index is 1.81. The van der Waals surface area contributed by atoms with Gasteiger partial charge in [0.25, 0.3) is 5.91 Å². The van der Waals surface area contributed by atoms with Gasteiger partial charge in [-0.15, -0.1) is 11.3 Å². The van der Waals surface area contributed by atoms with Gasteiger partial charge in [-0.2, -0.15) is 0 Å². The summed E-state index contributed by atoms with van der Waals surface area (Å²) < 4.78 is 5.50. The Morgan fingerprint density at radius 2 is 2.22 bits per heavy atom. The molecule has 18 heavy (non-hydrogen) atoms. The van der Waals surface area contributed by atoms with Crippen LogP contribution in [0.3, 0.4) is 0 Å². The highest BCUT2D eigenvalue weighted by Crippen LogP contribution is 2.11. The number of thiazole rings is 1. The Morgan fingerprint density at radius 1 is 1.44 bits per heavy atom. The number of anilines is 1. The van der Waals surface area contributed by atoms with Gasteiger partial charge in [-0.25, -0.2) is 4.98 Å². The first-order chi connectivity index (χ1) is 8.75. The van der Waals surface area contributed by atoms with Gasteiger partial charge in [0, 0.05) is 11.6 Å². The second-order valence-corrected chi connectivity index (χ2v) is 4.66. The molecule has 0 radical (unpaired) electrons. The number of hydrogen-bond donors (Lipinski definition) is 1. The van der Waals surface area contributed by atoms with Crippen LogP contribution < -0.4 is 5.32 Å². The number of carbonyl (C=O) groups is 1. The van der Waals surface area contributed by atoms with Crippen molar-refractivity contribution in [2.75, 3.05) is 5.32 Å². The van der Waals surface area contributed by atoms with Gasteiger partial charge in [0.1, 0.15) is 6.10 Å². The molecule has 0 fully saturated rings. The molecule has 94 valence electrons. The highest BCUT2D eigenvalue weighted by atomic mass is 32.1. The van der Waals surface area contributed by atoms with Crippen LogP contribution in [0.5, 0.6) is 0 Å². The van der Waals surface area contributed by atoms with E-state index < -0.39 is 6.10 Å². The standard InChI is InChI=1S/C13H14N2O2S/c1-10(12(16)15-13-14-7-8-18-13)17-9-11-5-3-2-4-6-11/h2-8,10H,9H2,1H3,(H,14,15,16)/t10-/m1/s1. The molecule has 0 aliphatic carbocycles. The van der Waals surface area contributed by atoms with Gasteiger partial charge in [-0.05, 0) is 12.5 Å². The molecule has 4 nitrogen and oxygen atoms in total. The van der Waals surface area contributed by atoms with Crippen molar-refractivity contribution in [3.8, 4) is 0 Å². The molecular weight excluding hydrogens is 248 g/mol. The van der Waals surface area contributed by atoms with Crippen LogP contribution in [0.15, 0.2) is 41.9 Å². The van der Waals surface area contributed by atoms with Crippen molar-refractivity contribution >= 4 is 22.4 Å². The highest BCUT2D eigenvalue weighted by Gasteiger charge is 2.14. The first kappa shape index (κ1) is 12.7. The molecule has 0 saturated heterocycles. The quantitative estimate of drug-likeness (QED) is 0.901. The molecule has 1 aromatic carbocycles. The van der Waals surface area contributed by atoms with Crippen LogP contribution >= 0.6 is 11.3 Å². The van der Waals surface area contributed by atoms with Crippen LogP contribution in [-0.2, 0) is 16.1 Å². The molecule has 0 spiro atoms. The lowest BCUT2D eigenvalue weighted by atomic mass is 10.2. The van der Waals surface area contributed by atoms with E-state index in [0.29, 0.717) is 11.7 Å². The number of carbonyl (C=O) groups excluding carboxylic acids is 1. The number of nitrogens with zero attached hydrogens (tertiary/aromatic N) is 1. The van der Waals surface area contributed by atoms with E-state index in [2.05, 4.69) is 10.3 Å². The smallest absolute Gasteiger partial charge is 0.255 e. The summed E-state index contributed by atoms with van der Waals surface area (Å²) in [6.07, 6.45) is 1.14. The predicted octanol–water partition coefficient (Wildman–Crippen LogP) is 2.69. The van der Waals surface area contributed by atoms with Crippen LogP contribution in [-0.4, -0.2) is 17.0 Å². The normalized spacial score (nSPS) is 12.1. The van der Waals surface area contributed by atoms with Gasteiger partial charge in [-0.1, -0.05) is 30.3 Å². The average molecular weight is 262 g/mol. The maximum atomic E-state index is 11.8. The van der Waals surface area contributed by atoms with Crippen molar-refractivity contribution < 1.29 is 9.53 Å². The lowest BCUT2D eigenvalue weighted by molar-refractivity contribution is -0.127. The van der Waals surface area contributed by atoms with Gasteiger partial charge in [0.05, 0.1) is 6.61 Å². The van der Waals surface area contributed by atoms with E-state index in [1.165, 1.54) is 11.3 Å². The molecular formula is C13H14N2O2S. The number of nitrogens with one attached hydrogen (secondary N) is 1. The van der Waals surface area contributed by atoms with Gasteiger partial charge < -0.3 is 4.74 Å². The first-order valence-electron chi connectivity index (χ1n) is 5.61. The fourth-order valence-corrected chi connectivity index (χ4v) is 1.90. The third kappa shape index (κ3) is 3.65. The number of amides is 1. The predicted molar refractivity (Wildman–Crippen MR) is 71.4 cm³/mol. The zero-order valence-corrected chi connectivity index (χ0v) is 10.8. The summed E-state index contributed by atoms with van der Waals surface area (Å²) in [5.41, 5.74) is 1.05. The molecule has 5 heteroatoms. The topological polar surface area (TPSA) is 51.2 Å². The van der Waals surface area contributed by atoms with Crippen molar-refractivity contribution in [1.29, 1.82) is 0 Å². The van der Waals surface area contributed by atoms with E-state index in [0.717, 1.165) is 5.56 Å². The molecule has 0 unspecified atom stereocenters. The molecule has 2 rings (SSSR count). The summed E-state index contributed by atoms with van der Waals surface area (Å²) in [7, 11) is 0. The van der Waals surface area contributed by atoms with Crippen molar-refractivity contribution in [3.05, 3.63) is 47.5 Å². The van der Waals surface area contributed by atoms with E-state index in [9.17, 15) is 4.79 Å². The Labute approximate surface area is 110 Å². The Bertz CT molecular complexity index is 485. The second-order valence-electron chi connectivity index (χ2n) is 3.77. The number of benzene rings is 1. The summed E-state index contributed by atoms with van der Waals surface area (Å²) in [6.45, 7) is 2.15. The third-order valence-electron chi connectivity index (χ3n) is 2.37. The largest absolute Gasteiger partial charge is 0.364 e. The lowest BCUT2D eigenvalue weighted by Gasteiger charge is -2.12. The molecule has 0 bridgehead atoms. The zero-order valence-electron chi connectivity index (χ0n) is 10.00. The first-order valence-corrected chi connectivity index (χ1v) is 6.49. The molecule has 1 atom stereocenters. The minimum Gasteiger partial charge on any atom is -0.364 e. The number of hydrogen-bond acceptors (Lipinski definition) is 4. The van der Waals surface area contributed by atoms with Gasteiger partial charge in [0.15, 0.2) is 5.13 Å². The summed E-state index contributed by atoms with van der Waals surface area (Å²) in [6, 6.07) is 9.76. The highest BCUT2D eigenvalue weighted by molar-refractivity contribution is 7.13. The van der Waals surface area contributed by atoms with E-state index >= 15 is 0 Å². The van der Waals surface area contributed by atoms with Gasteiger partial charge >= 0.3 is 0 Å². The molecule has 2 aromatic rings. The number of ether oxygens (including phenoxy) is 1. The lowest BCUT2D eigenvalue weighted by Crippen LogP contribution is -2.27. The van der Waals surface area contributed by atoms with Crippen molar-refractivity contribution in [1.82, 2.24) is 4.98 Å². The Hall–Kier alpha value is -1.72. The third-order valence-corrected chi connectivity index (χ3v) is 3.06. The van der Waals surface area contributed by atoms with Crippen LogP contribution in [0.25, 0.3) is 0 Å². The second kappa shape index (κ2) is 6.28. The van der Waals surface area contributed by atoms with E-state index in [-0.39, 0.29) is 5.91 Å². The average Bonchev–Trinajstić information content (AvgIpc) is 2.90. The minimum absolute atomic E-state index is 0.180. The molecule has 1 aromatic heterocycles. The monoisotopic (exact) mass is 262 g/mol. The van der Waals surface area contributed by atoms with E-state index in [4.69, 9.17) is 4.74 Å². The molecule has 1 heterocycles. The number of rotatable bonds is 5. The van der Waals surface area contributed by atoms with E-state index in [1.807, 2.05) is 35.7 Å². The van der Waals surface area contributed by atoms with Crippen LogP contribution in [0.4, 0.5) is 5.13 Å². The number of aromatic nitrogens is 1. The summed E-state index contributed by atoms with van der Waals surface area (Å²) in [4.78, 5) is 15.8. The van der Waals surface area contributed by atoms with Crippen molar-refractivity contribution in [2.24, 2.45) is 0 Å². The Morgan fingerprint density at radius 3 is 2.89 bits per heavy atom. The van der Waals surface area contributed by atoms with Crippen molar-refractivity contribution in [2.45, 2.75) is 19.6 Å². The molecule has 0 aliphatic heterocycles. The summed E-state index contributed by atoms with van der Waals surface area (Å²) in [5.74, 6) is -0.180. The molecule has 0 aliphatic rings. The fraction of sp³-hybridized carbons (Fsp3) is 0.231. The van der Waals surface area contributed by atoms with E-state index in [1.54, 1.807) is 13.1 Å². The maximum Gasteiger partial charge on any atom is 0.255 e. The van der Waals surface area contributed by atoms with Gasteiger partial charge in [0.2, 0.25) is 0 Å². The van der Waals surface area contributed by atoms with Crippen molar-refractivity contribution in [3.63, 3.8) is 0 Å². The molecule has 1 N–H and O–H groups in total.